The van der Waals surface area contributed by atoms with Crippen LogP contribution < -0.4 is 5.32 Å². The van der Waals surface area contributed by atoms with E-state index in [9.17, 15) is 4.79 Å². The highest BCUT2D eigenvalue weighted by atomic mass is 16.2. The van der Waals surface area contributed by atoms with Crippen LogP contribution >= 0.6 is 0 Å². The molecule has 2 bridgehead atoms. The van der Waals surface area contributed by atoms with Crippen LogP contribution in [0.5, 0.6) is 0 Å². The van der Waals surface area contributed by atoms with Crippen LogP contribution in [0.3, 0.4) is 0 Å². The van der Waals surface area contributed by atoms with Gasteiger partial charge in [-0.2, -0.15) is 0 Å². The van der Waals surface area contributed by atoms with Gasteiger partial charge in [-0.15, -0.1) is 0 Å². The highest BCUT2D eigenvalue weighted by molar-refractivity contribution is 5.79. The lowest BCUT2D eigenvalue weighted by Gasteiger charge is -2.40. The summed E-state index contributed by atoms with van der Waals surface area (Å²) in [5.41, 5.74) is 0.738. The first-order chi connectivity index (χ1) is 7.95. The third-order valence-electron chi connectivity index (χ3n) is 6.59. The van der Waals surface area contributed by atoms with Crippen LogP contribution in [-0.2, 0) is 4.79 Å². The fourth-order valence-electron chi connectivity index (χ4n) is 4.38. The smallest absolute Gasteiger partial charge is 0.223 e. The summed E-state index contributed by atoms with van der Waals surface area (Å²) in [7, 11) is 0. The SMILES string of the molecule is CC1(C)C2CCC1(C)C(NC(=O)C1CCC1)C2. The van der Waals surface area contributed by atoms with Gasteiger partial charge in [0.25, 0.3) is 0 Å². The van der Waals surface area contributed by atoms with Gasteiger partial charge in [0.1, 0.15) is 0 Å². The molecule has 3 aliphatic rings. The molecule has 3 atom stereocenters. The highest BCUT2D eigenvalue weighted by Gasteiger charge is 2.61. The lowest BCUT2D eigenvalue weighted by Crippen LogP contribution is -2.49. The predicted octanol–water partition coefficient (Wildman–Crippen LogP) is 3.12. The molecule has 0 spiro atoms. The molecule has 17 heavy (non-hydrogen) atoms. The summed E-state index contributed by atoms with van der Waals surface area (Å²) in [6.45, 7) is 7.20. The maximum Gasteiger partial charge on any atom is 0.223 e. The molecule has 0 heterocycles. The second-order valence-corrected chi connectivity index (χ2v) is 7.30. The molecule has 0 saturated heterocycles. The minimum atomic E-state index is 0.330. The third-order valence-corrected chi connectivity index (χ3v) is 6.59. The van der Waals surface area contributed by atoms with Crippen molar-refractivity contribution in [1.82, 2.24) is 5.32 Å². The zero-order chi connectivity index (χ0) is 12.3. The highest BCUT2D eigenvalue weighted by Crippen LogP contribution is 2.65. The Bertz CT molecular complexity index is 345. The Morgan fingerprint density at radius 1 is 1.18 bits per heavy atom. The van der Waals surface area contributed by atoms with E-state index in [1.165, 1.54) is 25.7 Å². The van der Waals surface area contributed by atoms with Crippen LogP contribution in [0, 0.1) is 22.7 Å². The fourth-order valence-corrected chi connectivity index (χ4v) is 4.38. The van der Waals surface area contributed by atoms with Crippen molar-refractivity contribution in [3.05, 3.63) is 0 Å². The van der Waals surface area contributed by atoms with Crippen LogP contribution in [0.1, 0.15) is 59.3 Å². The molecule has 2 heteroatoms. The van der Waals surface area contributed by atoms with Gasteiger partial charge in [0.2, 0.25) is 5.91 Å². The van der Waals surface area contributed by atoms with Gasteiger partial charge < -0.3 is 5.32 Å². The van der Waals surface area contributed by atoms with Crippen molar-refractivity contribution in [2.45, 2.75) is 65.3 Å². The zero-order valence-corrected chi connectivity index (χ0v) is 11.4. The molecule has 0 aromatic carbocycles. The Labute approximate surface area is 105 Å². The predicted molar refractivity (Wildman–Crippen MR) is 68.5 cm³/mol. The number of hydrogen-bond donors (Lipinski definition) is 1. The number of hydrogen-bond acceptors (Lipinski definition) is 1. The van der Waals surface area contributed by atoms with Gasteiger partial charge in [0.15, 0.2) is 0 Å². The summed E-state index contributed by atoms with van der Waals surface area (Å²) < 4.78 is 0. The van der Waals surface area contributed by atoms with Gasteiger partial charge >= 0.3 is 0 Å². The van der Waals surface area contributed by atoms with Crippen LogP contribution in [-0.4, -0.2) is 11.9 Å². The van der Waals surface area contributed by atoms with Gasteiger partial charge in [-0.05, 0) is 48.9 Å². The summed E-state index contributed by atoms with van der Waals surface area (Å²) in [5.74, 6) is 1.49. The second-order valence-electron chi connectivity index (χ2n) is 7.30. The minimum absolute atomic E-state index is 0.330. The Balaban J connectivity index is 1.71. The monoisotopic (exact) mass is 235 g/mol. The molecule has 0 aliphatic heterocycles. The van der Waals surface area contributed by atoms with Gasteiger partial charge in [0.05, 0.1) is 0 Å². The summed E-state index contributed by atoms with van der Waals surface area (Å²) in [6, 6.07) is 0.435. The van der Waals surface area contributed by atoms with E-state index in [1.54, 1.807) is 0 Å². The lowest BCUT2D eigenvalue weighted by molar-refractivity contribution is -0.129. The van der Waals surface area contributed by atoms with Crippen LogP contribution in [0.25, 0.3) is 0 Å². The molecule has 3 saturated carbocycles. The molecule has 0 radical (unpaired) electrons. The third kappa shape index (κ3) is 1.42. The van der Waals surface area contributed by atoms with Crippen molar-refractivity contribution in [3.63, 3.8) is 0 Å². The van der Waals surface area contributed by atoms with Crippen molar-refractivity contribution >= 4 is 5.91 Å². The first-order valence-corrected chi connectivity index (χ1v) is 7.25. The molecular weight excluding hydrogens is 210 g/mol. The molecule has 3 aliphatic carbocycles. The Morgan fingerprint density at radius 2 is 1.88 bits per heavy atom. The largest absolute Gasteiger partial charge is 0.353 e. The maximum absolute atomic E-state index is 12.1. The van der Waals surface area contributed by atoms with Crippen molar-refractivity contribution < 1.29 is 4.79 Å². The van der Waals surface area contributed by atoms with Gasteiger partial charge in [-0.25, -0.2) is 0 Å². The van der Waals surface area contributed by atoms with Gasteiger partial charge in [-0.1, -0.05) is 27.2 Å². The molecule has 0 aromatic rings. The zero-order valence-electron chi connectivity index (χ0n) is 11.4. The van der Waals surface area contributed by atoms with Crippen molar-refractivity contribution in [2.75, 3.05) is 0 Å². The van der Waals surface area contributed by atoms with E-state index in [4.69, 9.17) is 0 Å². The molecule has 3 rings (SSSR count). The topological polar surface area (TPSA) is 29.1 Å². The summed E-state index contributed by atoms with van der Waals surface area (Å²) in [6.07, 6.45) is 7.33. The maximum atomic E-state index is 12.1. The minimum Gasteiger partial charge on any atom is -0.353 e. The van der Waals surface area contributed by atoms with E-state index >= 15 is 0 Å². The van der Waals surface area contributed by atoms with Gasteiger partial charge in [0, 0.05) is 12.0 Å². The van der Waals surface area contributed by atoms with Crippen LogP contribution in [0.15, 0.2) is 0 Å². The molecule has 3 unspecified atom stereocenters. The van der Waals surface area contributed by atoms with E-state index in [-0.39, 0.29) is 0 Å². The molecule has 0 aromatic heterocycles. The lowest BCUT2D eigenvalue weighted by atomic mass is 9.69. The number of carbonyl (C=O) groups is 1. The molecular formula is C15H25NO. The molecule has 1 N–H and O–H groups in total. The summed E-state index contributed by atoms with van der Waals surface area (Å²) in [5, 5.41) is 3.37. The average molecular weight is 235 g/mol. The van der Waals surface area contributed by atoms with E-state index in [0.717, 1.165) is 18.8 Å². The fraction of sp³-hybridized carbons (Fsp3) is 0.933. The molecule has 96 valence electrons. The van der Waals surface area contributed by atoms with E-state index in [0.29, 0.717) is 28.7 Å². The van der Waals surface area contributed by atoms with E-state index in [1.807, 2.05) is 0 Å². The van der Waals surface area contributed by atoms with Crippen LogP contribution in [0.2, 0.25) is 0 Å². The first-order valence-electron chi connectivity index (χ1n) is 7.25. The summed E-state index contributed by atoms with van der Waals surface area (Å²) in [4.78, 5) is 12.1. The quantitative estimate of drug-likeness (QED) is 0.783. The van der Waals surface area contributed by atoms with Gasteiger partial charge in [-0.3, -0.25) is 4.79 Å². The van der Waals surface area contributed by atoms with Crippen molar-refractivity contribution in [1.29, 1.82) is 0 Å². The molecule has 1 amide bonds. The first kappa shape index (κ1) is 11.6. The van der Waals surface area contributed by atoms with Crippen LogP contribution in [0.4, 0.5) is 0 Å². The molecule has 2 nitrogen and oxygen atoms in total. The van der Waals surface area contributed by atoms with Crippen molar-refractivity contribution in [3.8, 4) is 0 Å². The van der Waals surface area contributed by atoms with E-state index in [2.05, 4.69) is 26.1 Å². The second kappa shape index (κ2) is 3.49. The Morgan fingerprint density at radius 3 is 2.29 bits per heavy atom. The molecule has 3 fully saturated rings. The van der Waals surface area contributed by atoms with E-state index < -0.39 is 0 Å². The Hall–Kier alpha value is -0.530. The summed E-state index contributed by atoms with van der Waals surface area (Å²) >= 11 is 0. The standard InChI is InChI=1S/C15H25NO/c1-14(2)11-7-8-15(14,3)12(9-11)16-13(17)10-5-4-6-10/h10-12H,4-9H2,1-3H3,(H,16,17). The number of fused-ring (bicyclic) bond motifs is 2. The Kier molecular flexibility index (Phi) is 2.37. The number of amides is 1. The number of carbonyl (C=O) groups excluding carboxylic acids is 1. The number of nitrogens with one attached hydrogen (secondary N) is 1. The normalized spacial score (nSPS) is 43.5. The van der Waals surface area contributed by atoms with Crippen molar-refractivity contribution in [2.24, 2.45) is 22.7 Å². The average Bonchev–Trinajstić information content (AvgIpc) is 2.47. The number of rotatable bonds is 2.